The molecule has 0 bridgehead atoms. The van der Waals surface area contributed by atoms with Crippen LogP contribution >= 0.6 is 0 Å². The van der Waals surface area contributed by atoms with Crippen molar-refractivity contribution < 1.29 is 14.2 Å². The molecule has 3 atom stereocenters. The summed E-state index contributed by atoms with van der Waals surface area (Å²) in [5.41, 5.74) is 4.30. The van der Waals surface area contributed by atoms with Crippen molar-refractivity contribution in [3.8, 4) is 11.3 Å². The van der Waals surface area contributed by atoms with E-state index in [2.05, 4.69) is 20.8 Å². The Morgan fingerprint density at radius 1 is 1.11 bits per heavy atom. The molecule has 0 saturated carbocycles. The third kappa shape index (κ3) is 5.27. The number of benzene rings is 2. The van der Waals surface area contributed by atoms with Gasteiger partial charge in [0, 0.05) is 47.5 Å². The van der Waals surface area contributed by atoms with E-state index >= 15 is 0 Å². The van der Waals surface area contributed by atoms with Crippen molar-refractivity contribution >= 4 is 28.1 Å². The molecule has 0 spiro atoms. The summed E-state index contributed by atoms with van der Waals surface area (Å²) in [4.78, 5) is 7.02. The van der Waals surface area contributed by atoms with Crippen LogP contribution in [0.1, 0.15) is 44.5 Å². The molecule has 2 aromatic heterocycles. The van der Waals surface area contributed by atoms with Gasteiger partial charge in [0.25, 0.3) is 0 Å². The van der Waals surface area contributed by atoms with E-state index in [9.17, 15) is 9.66 Å². The average Bonchev–Trinajstić information content (AvgIpc) is 3.49. The molecular weight excluding hydrogens is 472 g/mol. The Bertz CT molecular complexity index is 1340. The summed E-state index contributed by atoms with van der Waals surface area (Å²) in [5.74, 6) is 0.857. The van der Waals surface area contributed by atoms with Gasteiger partial charge in [-0.2, -0.15) is 0 Å². The van der Waals surface area contributed by atoms with E-state index in [-0.39, 0.29) is 12.1 Å². The summed E-state index contributed by atoms with van der Waals surface area (Å²) >= 11 is -1.30. The van der Waals surface area contributed by atoms with Crippen LogP contribution in [-0.4, -0.2) is 43.7 Å². The van der Waals surface area contributed by atoms with Gasteiger partial charge in [-0.25, -0.2) is 4.98 Å². The van der Waals surface area contributed by atoms with Crippen molar-refractivity contribution in [3.05, 3.63) is 78.0 Å². The molecule has 0 radical (unpaired) electrons. The number of hydrogen-bond donors (Lipinski definition) is 2. The topological polar surface area (TPSA) is 97.5 Å². The van der Waals surface area contributed by atoms with E-state index in [0.717, 1.165) is 52.3 Å². The Balaban J connectivity index is 1.53. The molecule has 8 heteroatoms. The lowest BCUT2D eigenvalue weighted by Crippen LogP contribution is -2.42. The van der Waals surface area contributed by atoms with Crippen LogP contribution in [0, 0.1) is 0 Å². The predicted molar refractivity (Wildman–Crippen MR) is 144 cm³/mol. The van der Waals surface area contributed by atoms with Gasteiger partial charge in [-0.3, -0.25) is 0 Å². The predicted octanol–water partition coefficient (Wildman–Crippen LogP) is 4.80. The number of aliphatic hydroxyl groups is 1. The molecule has 1 aliphatic rings. The zero-order chi connectivity index (χ0) is 25.3. The number of anilines is 1. The maximum atomic E-state index is 13.3. The number of rotatable bonds is 7. The first-order chi connectivity index (χ1) is 17.3. The first kappa shape index (κ1) is 24.8. The number of nitrogens with one attached hydrogen (secondary N) is 1. The van der Waals surface area contributed by atoms with Crippen LogP contribution in [0.15, 0.2) is 71.3 Å². The SMILES string of the molecule is CC(C)(C)[S+]([O-])N[C@@H](Cc1cccc(N2CC[C@@H](O)C2)n1)c1ccccc1-c1noc2ccccc12. The van der Waals surface area contributed by atoms with Gasteiger partial charge >= 0.3 is 0 Å². The number of aliphatic hydroxyl groups excluding tert-OH is 1. The summed E-state index contributed by atoms with van der Waals surface area (Å²) < 4.78 is 21.8. The Kier molecular flexibility index (Phi) is 7.03. The van der Waals surface area contributed by atoms with Crippen LogP contribution in [0.4, 0.5) is 5.82 Å². The number of pyridine rings is 1. The molecule has 4 aromatic rings. The lowest BCUT2D eigenvalue weighted by molar-refractivity contribution is 0.198. The third-order valence-electron chi connectivity index (χ3n) is 6.47. The zero-order valence-corrected chi connectivity index (χ0v) is 21.7. The number of aromatic nitrogens is 2. The highest BCUT2D eigenvalue weighted by atomic mass is 32.2. The number of fused-ring (bicyclic) bond motifs is 1. The fourth-order valence-corrected chi connectivity index (χ4v) is 5.36. The molecule has 3 heterocycles. The highest BCUT2D eigenvalue weighted by molar-refractivity contribution is 7.90. The van der Waals surface area contributed by atoms with Crippen LogP contribution in [0.5, 0.6) is 0 Å². The minimum absolute atomic E-state index is 0.274. The summed E-state index contributed by atoms with van der Waals surface area (Å²) in [5, 5.41) is 15.3. The highest BCUT2D eigenvalue weighted by Crippen LogP contribution is 2.35. The minimum atomic E-state index is -1.30. The molecule has 0 amide bonds. The summed E-state index contributed by atoms with van der Waals surface area (Å²) in [6.45, 7) is 7.26. The van der Waals surface area contributed by atoms with Crippen LogP contribution in [-0.2, 0) is 17.8 Å². The van der Waals surface area contributed by atoms with E-state index in [1.165, 1.54) is 0 Å². The Morgan fingerprint density at radius 2 is 1.89 bits per heavy atom. The van der Waals surface area contributed by atoms with Gasteiger partial charge in [0.15, 0.2) is 5.58 Å². The fourth-order valence-electron chi connectivity index (χ4n) is 4.53. The van der Waals surface area contributed by atoms with Gasteiger partial charge in [-0.1, -0.05) is 47.6 Å². The van der Waals surface area contributed by atoms with E-state index < -0.39 is 16.1 Å². The summed E-state index contributed by atoms with van der Waals surface area (Å²) in [6.07, 6.45) is 0.974. The molecule has 1 saturated heterocycles. The van der Waals surface area contributed by atoms with E-state index in [4.69, 9.17) is 9.51 Å². The molecule has 1 fully saturated rings. The van der Waals surface area contributed by atoms with Crippen molar-refractivity contribution in [1.29, 1.82) is 0 Å². The second-order valence-corrected chi connectivity index (χ2v) is 12.2. The maximum absolute atomic E-state index is 13.3. The standard InChI is InChI=1S/C28H32N4O3S/c1-28(2,3)36(34)31-24(17-19-9-8-14-26(29-19)32-16-15-20(33)18-32)21-10-4-5-11-22(21)27-23-12-6-7-13-25(23)35-30-27/h4-14,20,24,31,33H,15-18H2,1-3H3/t20-,24+,36?/m1/s1. The van der Waals surface area contributed by atoms with E-state index in [1.807, 2.05) is 81.4 Å². The van der Waals surface area contributed by atoms with E-state index in [1.54, 1.807) is 0 Å². The van der Waals surface area contributed by atoms with Crippen molar-refractivity contribution in [2.24, 2.45) is 0 Å². The second kappa shape index (κ2) is 10.2. The normalized spacial score (nSPS) is 18.0. The lowest BCUT2D eigenvalue weighted by atomic mass is 9.94. The highest BCUT2D eigenvalue weighted by Gasteiger charge is 2.32. The summed E-state index contributed by atoms with van der Waals surface area (Å²) in [7, 11) is 0. The first-order valence-corrected chi connectivity index (χ1v) is 13.5. The molecular formula is C28H32N4O3S. The molecule has 1 unspecified atom stereocenters. The molecule has 36 heavy (non-hydrogen) atoms. The number of β-amino-alcohol motifs (C(OH)–C–C–N with tert-alkyl or cyclic N) is 1. The number of nitrogens with zero attached hydrogens (tertiary/aromatic N) is 3. The van der Waals surface area contributed by atoms with Crippen molar-refractivity contribution in [3.63, 3.8) is 0 Å². The molecule has 2 N–H and O–H groups in total. The molecule has 5 rings (SSSR count). The van der Waals surface area contributed by atoms with Gasteiger partial charge in [0.05, 0.1) is 12.1 Å². The average molecular weight is 505 g/mol. The van der Waals surface area contributed by atoms with Gasteiger partial charge < -0.3 is 19.1 Å². The molecule has 1 aliphatic heterocycles. The Morgan fingerprint density at radius 3 is 2.67 bits per heavy atom. The van der Waals surface area contributed by atoms with Crippen LogP contribution < -0.4 is 9.62 Å². The Labute approximate surface area is 214 Å². The second-order valence-electron chi connectivity index (χ2n) is 10.2. The van der Waals surface area contributed by atoms with Crippen LogP contribution in [0.25, 0.3) is 22.2 Å². The van der Waals surface area contributed by atoms with Crippen LogP contribution in [0.3, 0.4) is 0 Å². The summed E-state index contributed by atoms with van der Waals surface area (Å²) in [6, 6.07) is 21.6. The van der Waals surface area contributed by atoms with Crippen molar-refractivity contribution in [2.75, 3.05) is 18.0 Å². The van der Waals surface area contributed by atoms with Crippen LogP contribution in [0.2, 0.25) is 0 Å². The van der Waals surface area contributed by atoms with E-state index in [0.29, 0.717) is 13.0 Å². The molecule has 188 valence electrons. The number of hydrogen-bond acceptors (Lipinski definition) is 7. The van der Waals surface area contributed by atoms with Crippen molar-refractivity contribution in [1.82, 2.24) is 14.9 Å². The van der Waals surface area contributed by atoms with Gasteiger partial charge in [-0.05, 0) is 57.0 Å². The molecule has 7 nitrogen and oxygen atoms in total. The Hall–Kier alpha value is -2.91. The lowest BCUT2D eigenvalue weighted by Gasteiger charge is -2.29. The zero-order valence-electron chi connectivity index (χ0n) is 20.8. The first-order valence-electron chi connectivity index (χ1n) is 12.3. The third-order valence-corrected chi connectivity index (χ3v) is 8.08. The smallest absolute Gasteiger partial charge is 0.167 e. The largest absolute Gasteiger partial charge is 0.598 e. The molecule has 2 aromatic carbocycles. The quantitative estimate of drug-likeness (QED) is 0.349. The maximum Gasteiger partial charge on any atom is 0.167 e. The minimum Gasteiger partial charge on any atom is -0.598 e. The van der Waals surface area contributed by atoms with Gasteiger partial charge in [0.2, 0.25) is 0 Å². The van der Waals surface area contributed by atoms with Crippen molar-refractivity contribution in [2.45, 2.75) is 50.5 Å². The van der Waals surface area contributed by atoms with Gasteiger partial charge in [-0.15, -0.1) is 4.72 Å². The number of para-hydroxylation sites is 1. The molecule has 0 aliphatic carbocycles. The fraction of sp³-hybridized carbons (Fsp3) is 0.357. The monoisotopic (exact) mass is 504 g/mol. The van der Waals surface area contributed by atoms with Gasteiger partial charge in [0.1, 0.15) is 16.3 Å².